The molecule has 0 saturated carbocycles. The van der Waals surface area contributed by atoms with Gasteiger partial charge in [0.25, 0.3) is 5.91 Å². The van der Waals surface area contributed by atoms with E-state index < -0.39 is 5.95 Å². The first-order valence-electron chi connectivity index (χ1n) is 5.16. The van der Waals surface area contributed by atoms with Crippen LogP contribution in [0.3, 0.4) is 0 Å². The van der Waals surface area contributed by atoms with Crippen molar-refractivity contribution in [3.8, 4) is 0 Å². The Bertz CT molecular complexity index is 340. The zero-order valence-corrected chi connectivity index (χ0v) is 9.53. The van der Waals surface area contributed by atoms with Crippen LogP contribution in [0.25, 0.3) is 0 Å². The van der Waals surface area contributed by atoms with Crippen molar-refractivity contribution in [2.24, 2.45) is 0 Å². The molecule has 88 valence electrons. The maximum Gasteiger partial charge on any atom is 0.255 e. The van der Waals surface area contributed by atoms with Crippen LogP contribution in [0.5, 0.6) is 0 Å². The van der Waals surface area contributed by atoms with Crippen molar-refractivity contribution >= 4 is 5.91 Å². The second-order valence-electron chi connectivity index (χ2n) is 3.55. The van der Waals surface area contributed by atoms with Gasteiger partial charge in [0.15, 0.2) is 0 Å². The fraction of sp³-hybridized carbons (Fsp3) is 0.455. The molecule has 4 nitrogen and oxygen atoms in total. The molecule has 1 amide bonds. The lowest BCUT2D eigenvalue weighted by Crippen LogP contribution is -2.29. The summed E-state index contributed by atoms with van der Waals surface area (Å²) in [6.45, 7) is 1.52. The van der Waals surface area contributed by atoms with E-state index in [-0.39, 0.29) is 5.91 Å². The zero-order valence-electron chi connectivity index (χ0n) is 9.53. The van der Waals surface area contributed by atoms with Crippen molar-refractivity contribution in [2.45, 2.75) is 6.42 Å². The molecule has 0 unspecified atom stereocenters. The number of carbonyl (C=O) groups is 1. The minimum absolute atomic E-state index is 0.136. The minimum Gasteiger partial charge on any atom is -0.342 e. The highest BCUT2D eigenvalue weighted by Gasteiger charge is 2.11. The van der Waals surface area contributed by atoms with Crippen molar-refractivity contribution in [3.05, 3.63) is 29.8 Å². The van der Waals surface area contributed by atoms with Gasteiger partial charge in [-0.1, -0.05) is 0 Å². The molecule has 0 aliphatic rings. The molecule has 0 aromatic carbocycles. The molecule has 0 radical (unpaired) electrons. The summed E-state index contributed by atoms with van der Waals surface area (Å²) in [5.41, 5.74) is 0.411. The highest BCUT2D eigenvalue weighted by Crippen LogP contribution is 2.03. The lowest BCUT2D eigenvalue weighted by atomic mass is 10.2. The number of hydrogen-bond donors (Lipinski definition) is 1. The number of pyridine rings is 1. The summed E-state index contributed by atoms with van der Waals surface area (Å²) >= 11 is 0. The number of hydrogen-bond acceptors (Lipinski definition) is 3. The summed E-state index contributed by atoms with van der Waals surface area (Å²) in [4.78, 5) is 16.8. The van der Waals surface area contributed by atoms with Crippen molar-refractivity contribution < 1.29 is 9.18 Å². The molecule has 0 aliphatic carbocycles. The lowest BCUT2D eigenvalue weighted by molar-refractivity contribution is 0.0793. The van der Waals surface area contributed by atoms with E-state index in [0.717, 1.165) is 13.0 Å². The number of nitrogens with one attached hydrogen (secondary N) is 1. The van der Waals surface area contributed by atoms with Gasteiger partial charge in [0.05, 0.1) is 5.56 Å². The Hall–Kier alpha value is -1.49. The molecular formula is C11H16FN3O. The van der Waals surface area contributed by atoms with E-state index in [0.29, 0.717) is 12.1 Å². The predicted octanol–water partition coefficient (Wildman–Crippen LogP) is 0.902. The Morgan fingerprint density at radius 2 is 2.31 bits per heavy atom. The molecule has 5 heteroatoms. The topological polar surface area (TPSA) is 45.2 Å². The van der Waals surface area contributed by atoms with Gasteiger partial charge in [0.2, 0.25) is 5.95 Å². The molecule has 0 aliphatic heterocycles. The first kappa shape index (κ1) is 12.6. The van der Waals surface area contributed by atoms with E-state index in [1.54, 1.807) is 11.9 Å². The van der Waals surface area contributed by atoms with Gasteiger partial charge in [0, 0.05) is 19.8 Å². The van der Waals surface area contributed by atoms with Crippen LogP contribution >= 0.6 is 0 Å². The average Bonchev–Trinajstić information content (AvgIpc) is 2.29. The van der Waals surface area contributed by atoms with E-state index in [1.807, 2.05) is 7.05 Å². The van der Waals surface area contributed by atoms with Crippen molar-refractivity contribution in [2.75, 3.05) is 27.2 Å². The largest absolute Gasteiger partial charge is 0.342 e. The van der Waals surface area contributed by atoms with Crippen molar-refractivity contribution in [1.29, 1.82) is 0 Å². The van der Waals surface area contributed by atoms with Crippen LogP contribution in [0.2, 0.25) is 0 Å². The van der Waals surface area contributed by atoms with Gasteiger partial charge in [-0.25, -0.2) is 4.98 Å². The summed E-state index contributed by atoms with van der Waals surface area (Å²) in [5.74, 6) is -0.710. The number of halogens is 1. The maximum atomic E-state index is 12.6. The van der Waals surface area contributed by atoms with Crippen LogP contribution in [-0.4, -0.2) is 43.0 Å². The van der Waals surface area contributed by atoms with Gasteiger partial charge < -0.3 is 10.2 Å². The van der Waals surface area contributed by atoms with Crippen LogP contribution in [-0.2, 0) is 0 Å². The predicted molar refractivity (Wildman–Crippen MR) is 59.7 cm³/mol. The Morgan fingerprint density at radius 1 is 1.56 bits per heavy atom. The Morgan fingerprint density at radius 3 is 2.88 bits per heavy atom. The van der Waals surface area contributed by atoms with Crippen LogP contribution < -0.4 is 5.32 Å². The number of amides is 1. The van der Waals surface area contributed by atoms with E-state index in [4.69, 9.17) is 0 Å². The molecular weight excluding hydrogens is 209 g/mol. The number of aromatic nitrogens is 1. The molecule has 0 saturated heterocycles. The quantitative estimate of drug-likeness (QED) is 0.598. The third-order valence-electron chi connectivity index (χ3n) is 2.24. The smallest absolute Gasteiger partial charge is 0.255 e. The Labute approximate surface area is 94.5 Å². The standard InChI is InChI=1S/C11H16FN3O/c1-13-6-3-7-15(2)11(16)9-4-5-10(12)14-8-9/h4-5,8,13H,3,6-7H2,1-2H3. The molecule has 1 heterocycles. The normalized spacial score (nSPS) is 10.2. The van der Waals surface area contributed by atoms with E-state index in [2.05, 4.69) is 10.3 Å². The minimum atomic E-state index is -0.575. The van der Waals surface area contributed by atoms with Crippen molar-refractivity contribution in [1.82, 2.24) is 15.2 Å². The molecule has 0 atom stereocenters. The van der Waals surface area contributed by atoms with Crippen molar-refractivity contribution in [3.63, 3.8) is 0 Å². The highest BCUT2D eigenvalue weighted by atomic mass is 19.1. The SMILES string of the molecule is CNCCCN(C)C(=O)c1ccc(F)nc1. The summed E-state index contributed by atoms with van der Waals surface area (Å²) in [6.07, 6.45) is 2.14. The van der Waals surface area contributed by atoms with E-state index in [9.17, 15) is 9.18 Å². The maximum absolute atomic E-state index is 12.6. The third-order valence-corrected chi connectivity index (χ3v) is 2.24. The summed E-state index contributed by atoms with van der Waals surface area (Å²) in [5, 5.41) is 3.01. The first-order chi connectivity index (χ1) is 7.65. The van der Waals surface area contributed by atoms with E-state index in [1.165, 1.54) is 18.3 Å². The van der Waals surface area contributed by atoms with Gasteiger partial charge in [-0.2, -0.15) is 4.39 Å². The third kappa shape index (κ3) is 3.58. The monoisotopic (exact) mass is 225 g/mol. The molecule has 1 rings (SSSR count). The second kappa shape index (κ2) is 6.17. The summed E-state index contributed by atoms with van der Waals surface area (Å²) in [6, 6.07) is 2.63. The Kier molecular flexibility index (Phi) is 4.85. The van der Waals surface area contributed by atoms with Crippen LogP contribution in [0.15, 0.2) is 18.3 Å². The van der Waals surface area contributed by atoms with Gasteiger partial charge >= 0.3 is 0 Å². The number of nitrogens with zero attached hydrogens (tertiary/aromatic N) is 2. The van der Waals surface area contributed by atoms with Gasteiger partial charge in [-0.3, -0.25) is 4.79 Å². The van der Waals surface area contributed by atoms with Gasteiger partial charge in [0.1, 0.15) is 0 Å². The number of carbonyl (C=O) groups excluding carboxylic acids is 1. The van der Waals surface area contributed by atoms with Crippen LogP contribution in [0, 0.1) is 5.95 Å². The van der Waals surface area contributed by atoms with Crippen LogP contribution in [0.4, 0.5) is 4.39 Å². The Balaban J connectivity index is 2.53. The molecule has 1 aromatic heterocycles. The second-order valence-corrected chi connectivity index (χ2v) is 3.55. The summed E-state index contributed by atoms with van der Waals surface area (Å²) < 4.78 is 12.6. The summed E-state index contributed by atoms with van der Waals surface area (Å²) in [7, 11) is 3.59. The fourth-order valence-corrected chi connectivity index (χ4v) is 1.32. The van der Waals surface area contributed by atoms with E-state index >= 15 is 0 Å². The van der Waals surface area contributed by atoms with Gasteiger partial charge in [-0.15, -0.1) is 0 Å². The molecule has 1 N–H and O–H groups in total. The van der Waals surface area contributed by atoms with Crippen LogP contribution in [0.1, 0.15) is 16.8 Å². The molecule has 0 spiro atoms. The fourth-order valence-electron chi connectivity index (χ4n) is 1.32. The zero-order chi connectivity index (χ0) is 12.0. The molecule has 1 aromatic rings. The molecule has 0 fully saturated rings. The molecule has 0 bridgehead atoms. The van der Waals surface area contributed by atoms with Gasteiger partial charge in [-0.05, 0) is 32.1 Å². The average molecular weight is 225 g/mol. The lowest BCUT2D eigenvalue weighted by Gasteiger charge is -2.16. The highest BCUT2D eigenvalue weighted by molar-refractivity contribution is 5.93. The molecule has 16 heavy (non-hydrogen) atoms. The first-order valence-corrected chi connectivity index (χ1v) is 5.16. The number of rotatable bonds is 5.